The minimum absolute atomic E-state index is 0.111. The minimum Gasteiger partial charge on any atom is -0.339 e. The van der Waals surface area contributed by atoms with Crippen LogP contribution < -0.4 is 5.73 Å². The van der Waals surface area contributed by atoms with Crippen molar-refractivity contribution in [2.24, 2.45) is 5.73 Å². The molecule has 1 amide bonds. The third-order valence-electron chi connectivity index (χ3n) is 2.99. The van der Waals surface area contributed by atoms with Gasteiger partial charge < -0.3 is 10.6 Å². The van der Waals surface area contributed by atoms with Crippen LogP contribution in [0.4, 0.5) is 0 Å². The Balaban J connectivity index is 2.35. The van der Waals surface area contributed by atoms with E-state index >= 15 is 0 Å². The molecule has 4 nitrogen and oxygen atoms in total. The molecule has 1 aliphatic rings. The van der Waals surface area contributed by atoms with Gasteiger partial charge >= 0.3 is 0 Å². The first-order chi connectivity index (χ1) is 7.69. The summed E-state index contributed by atoms with van der Waals surface area (Å²) >= 11 is 0. The molecular formula is C12H23N3O. The monoisotopic (exact) mass is 225 g/mol. The van der Waals surface area contributed by atoms with Crippen LogP contribution in [-0.2, 0) is 4.79 Å². The first kappa shape index (κ1) is 13.2. The maximum atomic E-state index is 11.9. The largest absolute Gasteiger partial charge is 0.339 e. The van der Waals surface area contributed by atoms with Gasteiger partial charge in [-0.1, -0.05) is 19.4 Å². The lowest BCUT2D eigenvalue weighted by Crippen LogP contribution is -2.53. The predicted octanol–water partition coefficient (Wildman–Crippen LogP) is 0.444. The number of hydrogen-bond donors (Lipinski definition) is 1. The van der Waals surface area contributed by atoms with E-state index in [1.807, 2.05) is 11.0 Å². The van der Waals surface area contributed by atoms with E-state index in [1.54, 1.807) is 0 Å². The van der Waals surface area contributed by atoms with Crippen LogP contribution in [-0.4, -0.2) is 54.5 Å². The van der Waals surface area contributed by atoms with Crippen LogP contribution in [0, 0.1) is 0 Å². The second kappa shape index (κ2) is 6.66. The van der Waals surface area contributed by atoms with Crippen molar-refractivity contribution in [1.82, 2.24) is 9.80 Å². The molecular weight excluding hydrogens is 202 g/mol. The first-order valence-corrected chi connectivity index (χ1v) is 6.06. The van der Waals surface area contributed by atoms with Crippen molar-refractivity contribution in [2.75, 3.05) is 32.7 Å². The van der Waals surface area contributed by atoms with Crippen molar-refractivity contribution >= 4 is 5.91 Å². The highest BCUT2D eigenvalue weighted by Crippen LogP contribution is 2.05. The molecule has 1 atom stereocenters. The smallest absolute Gasteiger partial charge is 0.239 e. The van der Waals surface area contributed by atoms with Gasteiger partial charge in [0.1, 0.15) is 0 Å². The summed E-state index contributed by atoms with van der Waals surface area (Å²) in [5.74, 6) is 0.111. The summed E-state index contributed by atoms with van der Waals surface area (Å²) < 4.78 is 0. The molecule has 0 aromatic carbocycles. The first-order valence-electron chi connectivity index (χ1n) is 6.06. The molecule has 0 aromatic rings. The molecule has 1 rings (SSSR count). The molecule has 0 unspecified atom stereocenters. The molecule has 1 saturated heterocycles. The zero-order chi connectivity index (χ0) is 12.0. The van der Waals surface area contributed by atoms with Gasteiger partial charge in [0.2, 0.25) is 5.91 Å². The number of amides is 1. The van der Waals surface area contributed by atoms with Gasteiger partial charge in [-0.25, -0.2) is 0 Å². The molecule has 92 valence electrons. The van der Waals surface area contributed by atoms with Gasteiger partial charge in [0.25, 0.3) is 0 Å². The molecule has 4 heteroatoms. The molecule has 1 aliphatic heterocycles. The summed E-state index contributed by atoms with van der Waals surface area (Å²) in [5.41, 5.74) is 5.83. The molecule has 0 radical (unpaired) electrons. The summed E-state index contributed by atoms with van der Waals surface area (Å²) in [5, 5.41) is 0. The second-order valence-electron chi connectivity index (χ2n) is 4.31. The maximum absolute atomic E-state index is 11.9. The fraction of sp³-hybridized carbons (Fsp3) is 0.750. The van der Waals surface area contributed by atoms with E-state index in [0.717, 1.165) is 45.6 Å². The molecule has 16 heavy (non-hydrogen) atoms. The third-order valence-corrected chi connectivity index (χ3v) is 2.99. The van der Waals surface area contributed by atoms with Gasteiger partial charge in [-0.15, -0.1) is 6.58 Å². The van der Waals surface area contributed by atoms with Crippen LogP contribution in [0.1, 0.15) is 19.8 Å². The third kappa shape index (κ3) is 3.61. The number of piperazine rings is 1. The molecule has 2 N–H and O–H groups in total. The maximum Gasteiger partial charge on any atom is 0.239 e. The Labute approximate surface area is 98.1 Å². The summed E-state index contributed by atoms with van der Waals surface area (Å²) in [4.78, 5) is 16.1. The summed E-state index contributed by atoms with van der Waals surface area (Å²) in [6.45, 7) is 10.1. The van der Waals surface area contributed by atoms with Gasteiger partial charge in [0.15, 0.2) is 0 Å². The SMILES string of the molecule is C=CCN1CCN(C(=O)[C@H](N)CCC)CC1. The fourth-order valence-electron chi connectivity index (χ4n) is 2.00. The quantitative estimate of drug-likeness (QED) is 0.691. The van der Waals surface area contributed by atoms with E-state index in [9.17, 15) is 4.79 Å². The van der Waals surface area contributed by atoms with Crippen LogP contribution >= 0.6 is 0 Å². The second-order valence-corrected chi connectivity index (χ2v) is 4.31. The number of hydrogen-bond acceptors (Lipinski definition) is 3. The van der Waals surface area contributed by atoms with Crippen molar-refractivity contribution < 1.29 is 4.79 Å². The average Bonchev–Trinajstić information content (AvgIpc) is 2.30. The molecule has 0 saturated carbocycles. The number of carbonyl (C=O) groups excluding carboxylic acids is 1. The number of nitrogens with zero attached hydrogens (tertiary/aromatic N) is 2. The van der Waals surface area contributed by atoms with Crippen LogP contribution in [0.25, 0.3) is 0 Å². The van der Waals surface area contributed by atoms with E-state index in [2.05, 4.69) is 18.4 Å². The van der Waals surface area contributed by atoms with Gasteiger partial charge in [-0.2, -0.15) is 0 Å². The van der Waals surface area contributed by atoms with E-state index in [-0.39, 0.29) is 11.9 Å². The van der Waals surface area contributed by atoms with Crippen molar-refractivity contribution in [3.8, 4) is 0 Å². The molecule has 1 heterocycles. The number of rotatable bonds is 5. The highest BCUT2D eigenvalue weighted by Gasteiger charge is 2.23. The number of nitrogens with two attached hydrogens (primary N) is 1. The van der Waals surface area contributed by atoms with Gasteiger partial charge in [0.05, 0.1) is 6.04 Å². The molecule has 1 fully saturated rings. The van der Waals surface area contributed by atoms with Crippen molar-refractivity contribution in [1.29, 1.82) is 0 Å². The van der Waals surface area contributed by atoms with Crippen LogP contribution in [0.3, 0.4) is 0 Å². The van der Waals surface area contributed by atoms with Crippen LogP contribution in [0.2, 0.25) is 0 Å². The Kier molecular flexibility index (Phi) is 5.49. The highest BCUT2D eigenvalue weighted by atomic mass is 16.2. The lowest BCUT2D eigenvalue weighted by Gasteiger charge is -2.35. The molecule has 0 aromatic heterocycles. The normalized spacial score (nSPS) is 19.5. The van der Waals surface area contributed by atoms with E-state index in [0.29, 0.717) is 0 Å². The van der Waals surface area contributed by atoms with Gasteiger partial charge in [0, 0.05) is 32.7 Å². The van der Waals surface area contributed by atoms with Crippen LogP contribution in [0.5, 0.6) is 0 Å². The van der Waals surface area contributed by atoms with Gasteiger partial charge in [-0.3, -0.25) is 9.69 Å². The Bertz CT molecular complexity index is 234. The van der Waals surface area contributed by atoms with E-state index in [4.69, 9.17) is 5.73 Å². The summed E-state index contributed by atoms with van der Waals surface area (Å²) in [6, 6.07) is -0.309. The lowest BCUT2D eigenvalue weighted by atomic mass is 10.1. The predicted molar refractivity (Wildman–Crippen MR) is 66.1 cm³/mol. The van der Waals surface area contributed by atoms with Crippen LogP contribution in [0.15, 0.2) is 12.7 Å². The number of carbonyl (C=O) groups is 1. The zero-order valence-corrected chi connectivity index (χ0v) is 10.2. The minimum atomic E-state index is -0.309. The van der Waals surface area contributed by atoms with Gasteiger partial charge in [-0.05, 0) is 6.42 Å². The Morgan fingerprint density at radius 3 is 2.56 bits per heavy atom. The molecule has 0 spiro atoms. The Morgan fingerprint density at radius 1 is 1.44 bits per heavy atom. The Hall–Kier alpha value is -0.870. The van der Waals surface area contributed by atoms with E-state index < -0.39 is 0 Å². The summed E-state index contributed by atoms with van der Waals surface area (Å²) in [7, 11) is 0. The molecule has 0 bridgehead atoms. The Morgan fingerprint density at radius 2 is 2.06 bits per heavy atom. The average molecular weight is 225 g/mol. The van der Waals surface area contributed by atoms with Crippen molar-refractivity contribution in [3.63, 3.8) is 0 Å². The zero-order valence-electron chi connectivity index (χ0n) is 10.2. The fourth-order valence-corrected chi connectivity index (χ4v) is 2.00. The lowest BCUT2D eigenvalue weighted by molar-refractivity contribution is -0.134. The topological polar surface area (TPSA) is 49.6 Å². The van der Waals surface area contributed by atoms with Crippen molar-refractivity contribution in [2.45, 2.75) is 25.8 Å². The van der Waals surface area contributed by atoms with E-state index in [1.165, 1.54) is 0 Å². The standard InChI is InChI=1S/C12H23N3O/c1-3-5-11(13)12(16)15-9-7-14(6-4-2)8-10-15/h4,11H,2-3,5-10,13H2,1H3/t11-/m1/s1. The summed E-state index contributed by atoms with van der Waals surface area (Å²) in [6.07, 6.45) is 3.65. The molecule has 0 aliphatic carbocycles. The van der Waals surface area contributed by atoms with Crippen molar-refractivity contribution in [3.05, 3.63) is 12.7 Å². The highest BCUT2D eigenvalue weighted by molar-refractivity contribution is 5.81.